The van der Waals surface area contributed by atoms with E-state index >= 15 is 0 Å². The van der Waals surface area contributed by atoms with Crippen molar-refractivity contribution < 1.29 is 19.1 Å². The quantitative estimate of drug-likeness (QED) is 0.833. The lowest BCUT2D eigenvalue weighted by Gasteiger charge is -2.07. The van der Waals surface area contributed by atoms with Crippen molar-refractivity contribution in [3.05, 3.63) is 35.4 Å². The fourth-order valence-electron chi connectivity index (χ4n) is 2.05. The molecule has 138 valence electrons. The molecule has 25 heavy (non-hydrogen) atoms. The Bertz CT molecular complexity index is 703. The Hall–Kier alpha value is -2.64. The number of aromatic nitrogens is 4. The van der Waals surface area contributed by atoms with Gasteiger partial charge in [0.2, 0.25) is 0 Å². The van der Waals surface area contributed by atoms with Crippen LogP contribution in [0.2, 0.25) is 0 Å². The molecule has 2 rings (SSSR count). The van der Waals surface area contributed by atoms with Crippen LogP contribution >= 0.6 is 0 Å². The van der Waals surface area contributed by atoms with Gasteiger partial charge in [-0.25, -0.2) is 19.6 Å². The van der Waals surface area contributed by atoms with Crippen LogP contribution in [0.5, 0.6) is 0 Å². The van der Waals surface area contributed by atoms with Crippen molar-refractivity contribution in [3.8, 4) is 0 Å². The van der Waals surface area contributed by atoms with Crippen molar-refractivity contribution in [1.29, 1.82) is 0 Å². The summed E-state index contributed by atoms with van der Waals surface area (Å²) >= 11 is 0. The number of hydrogen-bond donors (Lipinski definition) is 1. The lowest BCUT2D eigenvalue weighted by molar-refractivity contribution is 0.0510. The number of hydrogen-bond acceptors (Lipinski definition) is 6. The molecule has 0 spiro atoms. The fraction of sp³-hybridized carbons (Fsp3) is 0.529. The van der Waals surface area contributed by atoms with Crippen molar-refractivity contribution in [2.45, 2.75) is 47.6 Å². The van der Waals surface area contributed by atoms with Gasteiger partial charge in [0.15, 0.2) is 5.69 Å². The van der Waals surface area contributed by atoms with E-state index in [1.165, 1.54) is 6.20 Å². The van der Waals surface area contributed by atoms with Gasteiger partial charge in [-0.1, -0.05) is 0 Å². The van der Waals surface area contributed by atoms with Gasteiger partial charge in [0.05, 0.1) is 19.4 Å². The zero-order valence-corrected chi connectivity index (χ0v) is 15.6. The number of aryl methyl sites for hydroxylation is 2. The third-order valence-corrected chi connectivity index (χ3v) is 3.16. The Morgan fingerprint density at radius 1 is 1.16 bits per heavy atom. The molecule has 2 aromatic heterocycles. The predicted octanol–water partition coefficient (Wildman–Crippen LogP) is 2.84. The maximum Gasteiger partial charge on any atom is 0.358 e. The molecule has 0 bridgehead atoms. The first kappa shape index (κ1) is 20.4. The molecule has 0 saturated carbocycles. The first-order valence-electron chi connectivity index (χ1n) is 8.21. The van der Waals surface area contributed by atoms with Gasteiger partial charge in [-0.05, 0) is 41.5 Å². The van der Waals surface area contributed by atoms with E-state index in [0.29, 0.717) is 36.5 Å². The van der Waals surface area contributed by atoms with E-state index in [1.807, 2.05) is 25.3 Å². The predicted molar refractivity (Wildman–Crippen MR) is 92.6 cm³/mol. The maximum atomic E-state index is 11.3. The number of nitrogens with zero attached hydrogens (tertiary/aromatic N) is 3. The molecule has 0 unspecified atom stereocenters. The number of rotatable bonds is 5. The molecule has 0 saturated heterocycles. The highest BCUT2D eigenvalue weighted by atomic mass is 16.5. The number of esters is 2. The van der Waals surface area contributed by atoms with E-state index in [0.717, 1.165) is 5.82 Å². The van der Waals surface area contributed by atoms with Crippen LogP contribution < -0.4 is 0 Å². The molecule has 0 aliphatic heterocycles. The zero-order chi connectivity index (χ0) is 19.0. The van der Waals surface area contributed by atoms with E-state index in [4.69, 9.17) is 9.47 Å². The van der Waals surface area contributed by atoms with Crippen LogP contribution in [-0.2, 0) is 9.47 Å². The number of nitrogens with one attached hydrogen (secondary N) is 1. The Morgan fingerprint density at radius 2 is 1.76 bits per heavy atom. The third-order valence-electron chi connectivity index (χ3n) is 3.16. The second-order valence-electron chi connectivity index (χ2n) is 5.50. The van der Waals surface area contributed by atoms with Crippen LogP contribution in [0.15, 0.2) is 12.4 Å². The SMILES string of the molecule is CCOC(=O)c1cn(C(C)C)c(C)n1.CCOC(=O)c1cnc(C)[nH]1. The van der Waals surface area contributed by atoms with Gasteiger partial charge in [0, 0.05) is 12.2 Å². The summed E-state index contributed by atoms with van der Waals surface area (Å²) in [5.74, 6) is 0.846. The minimum Gasteiger partial charge on any atom is -0.461 e. The second-order valence-corrected chi connectivity index (χ2v) is 5.50. The zero-order valence-electron chi connectivity index (χ0n) is 15.6. The standard InChI is InChI=1S/C10H16N2O2.C7H10N2O2/c1-5-14-10(13)9-6-12(7(2)3)8(4)11-9;1-3-11-7(10)6-4-8-5(2)9-6/h6-7H,5H2,1-4H3;4H,3H2,1-2H3,(H,8,9). The molecule has 1 N–H and O–H groups in total. The van der Waals surface area contributed by atoms with Crippen LogP contribution in [0, 0.1) is 13.8 Å². The molecule has 0 aliphatic rings. The lowest BCUT2D eigenvalue weighted by Crippen LogP contribution is -2.05. The Kier molecular flexibility index (Phi) is 7.84. The van der Waals surface area contributed by atoms with Gasteiger partial charge in [-0.15, -0.1) is 0 Å². The van der Waals surface area contributed by atoms with Gasteiger partial charge in [-0.2, -0.15) is 0 Å². The summed E-state index contributed by atoms with van der Waals surface area (Å²) < 4.78 is 11.5. The van der Waals surface area contributed by atoms with Crippen molar-refractivity contribution >= 4 is 11.9 Å². The molecule has 0 aliphatic carbocycles. The van der Waals surface area contributed by atoms with Crippen molar-refractivity contribution in [1.82, 2.24) is 19.5 Å². The van der Waals surface area contributed by atoms with Gasteiger partial charge in [-0.3, -0.25) is 0 Å². The smallest absolute Gasteiger partial charge is 0.358 e. The minimum atomic E-state index is -0.354. The molecule has 0 amide bonds. The normalized spacial score (nSPS) is 10.2. The first-order valence-corrected chi connectivity index (χ1v) is 8.21. The van der Waals surface area contributed by atoms with Crippen molar-refractivity contribution in [2.24, 2.45) is 0 Å². The highest BCUT2D eigenvalue weighted by Gasteiger charge is 2.13. The molecule has 0 atom stereocenters. The summed E-state index contributed by atoms with van der Waals surface area (Å²) in [7, 11) is 0. The largest absolute Gasteiger partial charge is 0.461 e. The summed E-state index contributed by atoms with van der Waals surface area (Å²) in [4.78, 5) is 33.1. The van der Waals surface area contributed by atoms with E-state index in [-0.39, 0.29) is 11.9 Å². The van der Waals surface area contributed by atoms with Gasteiger partial charge >= 0.3 is 11.9 Å². The number of aromatic amines is 1. The number of carbonyl (C=O) groups excluding carboxylic acids is 2. The first-order chi connectivity index (χ1) is 11.8. The monoisotopic (exact) mass is 350 g/mol. The number of H-pyrrole nitrogens is 1. The van der Waals surface area contributed by atoms with Crippen LogP contribution in [0.1, 0.15) is 66.4 Å². The number of ether oxygens (including phenoxy) is 2. The molecule has 8 heteroatoms. The topological polar surface area (TPSA) is 99.1 Å². The van der Waals surface area contributed by atoms with E-state index in [2.05, 4.69) is 15.0 Å². The summed E-state index contributed by atoms with van der Waals surface area (Å²) in [6.07, 6.45) is 3.20. The second kappa shape index (κ2) is 9.61. The lowest BCUT2D eigenvalue weighted by atomic mass is 10.4. The summed E-state index contributed by atoms with van der Waals surface area (Å²) in [6.45, 7) is 12.1. The molecular weight excluding hydrogens is 324 g/mol. The van der Waals surface area contributed by atoms with Gasteiger partial charge in [0.1, 0.15) is 17.3 Å². The fourth-order valence-corrected chi connectivity index (χ4v) is 2.05. The van der Waals surface area contributed by atoms with Gasteiger partial charge < -0.3 is 19.0 Å². The molecule has 2 heterocycles. The minimum absolute atomic E-state index is 0.311. The molecule has 0 aromatic carbocycles. The van der Waals surface area contributed by atoms with Crippen LogP contribution in [0.4, 0.5) is 0 Å². The highest BCUT2D eigenvalue weighted by molar-refractivity contribution is 5.87. The molecule has 2 aromatic rings. The Balaban J connectivity index is 0.000000257. The molecule has 0 radical (unpaired) electrons. The van der Waals surface area contributed by atoms with Crippen LogP contribution in [0.3, 0.4) is 0 Å². The third kappa shape index (κ3) is 6.06. The number of carbonyl (C=O) groups is 2. The summed E-state index contributed by atoms with van der Waals surface area (Å²) in [6, 6.07) is 0.311. The average Bonchev–Trinajstić information content (AvgIpc) is 3.14. The van der Waals surface area contributed by atoms with E-state index in [1.54, 1.807) is 27.0 Å². The number of imidazole rings is 2. The van der Waals surface area contributed by atoms with Crippen molar-refractivity contribution in [2.75, 3.05) is 13.2 Å². The summed E-state index contributed by atoms with van der Waals surface area (Å²) in [5, 5.41) is 0. The van der Waals surface area contributed by atoms with Crippen molar-refractivity contribution in [3.63, 3.8) is 0 Å². The maximum absolute atomic E-state index is 11.3. The summed E-state index contributed by atoms with van der Waals surface area (Å²) in [5.41, 5.74) is 0.794. The van der Waals surface area contributed by atoms with E-state index in [9.17, 15) is 9.59 Å². The Labute approximate surface area is 147 Å². The molecular formula is C17H26N4O4. The van der Waals surface area contributed by atoms with Crippen LogP contribution in [-0.4, -0.2) is 44.7 Å². The van der Waals surface area contributed by atoms with Crippen LogP contribution in [0.25, 0.3) is 0 Å². The highest BCUT2D eigenvalue weighted by Crippen LogP contribution is 2.11. The average molecular weight is 350 g/mol. The van der Waals surface area contributed by atoms with Gasteiger partial charge in [0.25, 0.3) is 0 Å². The Morgan fingerprint density at radius 3 is 2.20 bits per heavy atom. The van der Waals surface area contributed by atoms with E-state index < -0.39 is 0 Å². The molecule has 8 nitrogen and oxygen atoms in total. The molecule has 0 fully saturated rings.